The van der Waals surface area contributed by atoms with E-state index in [4.69, 9.17) is 15.0 Å². The molecule has 0 saturated carbocycles. The first-order chi connectivity index (χ1) is 26.2. The molecule has 0 aliphatic heterocycles. The summed E-state index contributed by atoms with van der Waals surface area (Å²) in [7, 11) is 0. The molecule has 10 rings (SSSR count). The van der Waals surface area contributed by atoms with Gasteiger partial charge in [-0.1, -0.05) is 164 Å². The van der Waals surface area contributed by atoms with Crippen LogP contribution < -0.4 is 0 Å². The molecule has 4 heteroatoms. The second-order valence-corrected chi connectivity index (χ2v) is 14.3. The SMILES string of the molecule is c1ccc(-c2ccc(-c3nc(-c4ccccc4)cc(-c4ccc(-c5nc6ccc(-c7ccccc7)cc6c6sc7ccccc7c56)cc4)n3)cc2)cc1. The van der Waals surface area contributed by atoms with Crippen molar-refractivity contribution in [2.24, 2.45) is 0 Å². The molecule has 248 valence electrons. The Morgan fingerprint density at radius 3 is 1.51 bits per heavy atom. The van der Waals surface area contributed by atoms with Crippen LogP contribution in [0.4, 0.5) is 0 Å². The fourth-order valence-corrected chi connectivity index (χ4v) is 8.43. The Labute approximate surface area is 311 Å². The summed E-state index contributed by atoms with van der Waals surface area (Å²) < 4.78 is 2.53. The van der Waals surface area contributed by atoms with Gasteiger partial charge in [0.15, 0.2) is 5.82 Å². The molecule has 3 nitrogen and oxygen atoms in total. The van der Waals surface area contributed by atoms with Crippen molar-refractivity contribution < 1.29 is 0 Å². The number of benzene rings is 7. The maximum Gasteiger partial charge on any atom is 0.160 e. The van der Waals surface area contributed by atoms with E-state index in [9.17, 15) is 0 Å². The highest BCUT2D eigenvalue weighted by atomic mass is 32.1. The second-order valence-electron chi connectivity index (χ2n) is 13.2. The standard InChI is InChI=1S/C49H31N3S/c1-4-12-32(13-5-1)34-20-26-38(27-21-34)49-51-43(35-16-8-3-9-17-35)31-44(52-49)36-22-24-37(25-23-36)47-46-40-18-10-11-19-45(40)53-48(46)41-30-39(28-29-42(41)50-47)33-14-6-2-7-15-33/h1-31H. The molecule has 0 spiro atoms. The van der Waals surface area contributed by atoms with Crippen LogP contribution in [0.15, 0.2) is 188 Å². The maximum atomic E-state index is 5.35. The second kappa shape index (κ2) is 13.1. The van der Waals surface area contributed by atoms with E-state index in [1.54, 1.807) is 0 Å². The van der Waals surface area contributed by atoms with Gasteiger partial charge in [-0.25, -0.2) is 15.0 Å². The van der Waals surface area contributed by atoms with Gasteiger partial charge in [-0.2, -0.15) is 0 Å². The fraction of sp³-hybridized carbons (Fsp3) is 0. The third-order valence-corrected chi connectivity index (χ3v) is 11.1. The van der Waals surface area contributed by atoms with Crippen molar-refractivity contribution >= 4 is 42.4 Å². The Hall–Kier alpha value is -6.75. The number of nitrogens with zero attached hydrogens (tertiary/aromatic N) is 3. The number of hydrogen-bond acceptors (Lipinski definition) is 4. The van der Waals surface area contributed by atoms with E-state index in [0.717, 1.165) is 50.4 Å². The van der Waals surface area contributed by atoms with Crippen molar-refractivity contribution in [3.8, 4) is 67.4 Å². The van der Waals surface area contributed by atoms with E-state index >= 15 is 0 Å². The minimum absolute atomic E-state index is 0.697. The highest BCUT2D eigenvalue weighted by Gasteiger charge is 2.18. The summed E-state index contributed by atoms with van der Waals surface area (Å²) in [5, 5.41) is 3.62. The van der Waals surface area contributed by atoms with Gasteiger partial charge in [0.05, 0.1) is 22.6 Å². The first kappa shape index (κ1) is 31.0. The Balaban J connectivity index is 1.08. The quantitative estimate of drug-likeness (QED) is 0.174. The molecule has 0 atom stereocenters. The molecule has 0 saturated heterocycles. The molecule has 0 radical (unpaired) electrons. The van der Waals surface area contributed by atoms with Gasteiger partial charge < -0.3 is 0 Å². The van der Waals surface area contributed by atoms with E-state index in [2.05, 4.69) is 164 Å². The number of pyridine rings is 1. The van der Waals surface area contributed by atoms with Gasteiger partial charge in [-0.15, -0.1) is 11.3 Å². The van der Waals surface area contributed by atoms with E-state index in [-0.39, 0.29) is 0 Å². The van der Waals surface area contributed by atoms with Gasteiger partial charge in [-0.3, -0.25) is 0 Å². The zero-order chi connectivity index (χ0) is 35.1. The van der Waals surface area contributed by atoms with Gasteiger partial charge in [0, 0.05) is 47.8 Å². The molecule has 0 fully saturated rings. The van der Waals surface area contributed by atoms with Gasteiger partial charge in [0.25, 0.3) is 0 Å². The largest absolute Gasteiger partial charge is 0.247 e. The van der Waals surface area contributed by atoms with Crippen LogP contribution in [0.3, 0.4) is 0 Å². The third-order valence-electron chi connectivity index (χ3n) is 9.91. The summed E-state index contributed by atoms with van der Waals surface area (Å²) >= 11 is 1.85. The van der Waals surface area contributed by atoms with Crippen molar-refractivity contribution in [1.82, 2.24) is 15.0 Å². The molecule has 53 heavy (non-hydrogen) atoms. The van der Waals surface area contributed by atoms with Crippen LogP contribution in [0.5, 0.6) is 0 Å². The van der Waals surface area contributed by atoms with E-state index in [1.165, 1.54) is 42.2 Å². The number of aromatic nitrogens is 3. The van der Waals surface area contributed by atoms with Crippen LogP contribution in [0.25, 0.3) is 98.5 Å². The Bertz CT molecular complexity index is 2900. The van der Waals surface area contributed by atoms with Crippen LogP contribution >= 0.6 is 11.3 Å². The molecule has 3 heterocycles. The van der Waals surface area contributed by atoms with Crippen molar-refractivity contribution in [2.45, 2.75) is 0 Å². The summed E-state index contributed by atoms with van der Waals surface area (Å²) in [5.74, 6) is 0.697. The van der Waals surface area contributed by atoms with Gasteiger partial charge in [-0.05, 0) is 46.5 Å². The van der Waals surface area contributed by atoms with Crippen LogP contribution in [0, 0.1) is 0 Å². The summed E-state index contributed by atoms with van der Waals surface area (Å²) in [4.78, 5) is 15.5. The lowest BCUT2D eigenvalue weighted by Crippen LogP contribution is -1.96. The van der Waals surface area contributed by atoms with Crippen molar-refractivity contribution in [3.63, 3.8) is 0 Å². The van der Waals surface area contributed by atoms with Gasteiger partial charge >= 0.3 is 0 Å². The molecular weight excluding hydrogens is 663 g/mol. The molecule has 0 unspecified atom stereocenters. The molecule has 0 aliphatic carbocycles. The smallest absolute Gasteiger partial charge is 0.160 e. The first-order valence-corrected chi connectivity index (χ1v) is 18.6. The fourth-order valence-electron chi connectivity index (χ4n) is 7.20. The minimum atomic E-state index is 0.697. The third kappa shape index (κ3) is 5.76. The average molecular weight is 694 g/mol. The van der Waals surface area contributed by atoms with Crippen LogP contribution in [-0.4, -0.2) is 15.0 Å². The van der Waals surface area contributed by atoms with Gasteiger partial charge in [0.1, 0.15) is 0 Å². The first-order valence-electron chi connectivity index (χ1n) is 17.8. The average Bonchev–Trinajstić information content (AvgIpc) is 3.64. The Morgan fingerprint density at radius 2 is 0.830 bits per heavy atom. The van der Waals surface area contributed by atoms with Crippen molar-refractivity contribution in [1.29, 1.82) is 0 Å². The van der Waals surface area contributed by atoms with Crippen molar-refractivity contribution in [2.75, 3.05) is 0 Å². The number of rotatable bonds is 6. The summed E-state index contributed by atoms with van der Waals surface area (Å²) in [6.45, 7) is 0. The lowest BCUT2D eigenvalue weighted by atomic mass is 9.98. The van der Waals surface area contributed by atoms with Crippen LogP contribution in [-0.2, 0) is 0 Å². The predicted octanol–water partition coefficient (Wildman–Crippen LogP) is 13.4. The zero-order valence-corrected chi connectivity index (χ0v) is 29.5. The molecule has 0 amide bonds. The Kier molecular flexibility index (Phi) is 7.67. The van der Waals surface area contributed by atoms with Gasteiger partial charge in [0.2, 0.25) is 0 Å². The molecule has 3 aromatic heterocycles. The summed E-state index contributed by atoms with van der Waals surface area (Å²) in [6.07, 6.45) is 0. The van der Waals surface area contributed by atoms with E-state index in [0.29, 0.717) is 5.82 Å². The lowest BCUT2D eigenvalue weighted by molar-refractivity contribution is 1.18. The normalized spacial score (nSPS) is 11.4. The topological polar surface area (TPSA) is 38.7 Å². The van der Waals surface area contributed by atoms with Crippen LogP contribution in [0.2, 0.25) is 0 Å². The molecule has 0 aliphatic rings. The van der Waals surface area contributed by atoms with E-state index in [1.807, 2.05) is 35.6 Å². The van der Waals surface area contributed by atoms with E-state index < -0.39 is 0 Å². The monoisotopic (exact) mass is 693 g/mol. The zero-order valence-electron chi connectivity index (χ0n) is 28.6. The van der Waals surface area contributed by atoms with Crippen LogP contribution in [0.1, 0.15) is 0 Å². The highest BCUT2D eigenvalue weighted by molar-refractivity contribution is 7.26. The number of hydrogen-bond donors (Lipinski definition) is 0. The lowest BCUT2D eigenvalue weighted by Gasteiger charge is -2.12. The summed E-state index contributed by atoms with van der Waals surface area (Å²) in [6, 6.07) is 66.0. The molecular formula is C49H31N3S. The summed E-state index contributed by atoms with van der Waals surface area (Å²) in [5.41, 5.74) is 12.6. The minimum Gasteiger partial charge on any atom is -0.247 e. The Morgan fingerprint density at radius 1 is 0.340 bits per heavy atom. The molecule has 10 aromatic rings. The molecule has 7 aromatic carbocycles. The maximum absolute atomic E-state index is 5.35. The predicted molar refractivity (Wildman–Crippen MR) is 223 cm³/mol. The molecule has 0 bridgehead atoms. The number of fused-ring (bicyclic) bond motifs is 5. The molecule has 0 N–H and O–H groups in total. The highest BCUT2D eigenvalue weighted by Crippen LogP contribution is 2.44. The van der Waals surface area contributed by atoms with Crippen molar-refractivity contribution in [3.05, 3.63) is 188 Å². The number of thiophene rings is 1.